The van der Waals surface area contributed by atoms with Crippen LogP contribution >= 0.6 is 0 Å². The lowest BCUT2D eigenvalue weighted by Gasteiger charge is -2.21. The molecule has 0 unspecified atom stereocenters. The minimum Gasteiger partial charge on any atom is -0.395 e. The molecule has 0 saturated carbocycles. The maximum absolute atomic E-state index is 11.8. The SMILES string of the molecule is CCCN(CCO)C(=O)CNCC(F)(F)F. The van der Waals surface area contributed by atoms with E-state index in [1.54, 1.807) is 0 Å². The number of hydrogen-bond donors (Lipinski definition) is 2. The molecule has 0 rings (SSSR count). The van der Waals surface area contributed by atoms with E-state index in [4.69, 9.17) is 5.11 Å². The number of carbonyl (C=O) groups excluding carboxylic acids is 1. The van der Waals surface area contributed by atoms with Crippen molar-refractivity contribution in [3.63, 3.8) is 0 Å². The van der Waals surface area contributed by atoms with Gasteiger partial charge in [-0.05, 0) is 6.42 Å². The van der Waals surface area contributed by atoms with Crippen molar-refractivity contribution in [2.75, 3.05) is 32.8 Å². The largest absolute Gasteiger partial charge is 0.401 e. The molecule has 0 aromatic heterocycles. The Morgan fingerprint density at radius 3 is 2.44 bits per heavy atom. The second-order valence-corrected chi connectivity index (χ2v) is 3.32. The summed E-state index contributed by atoms with van der Waals surface area (Å²) in [5.41, 5.74) is 0. The van der Waals surface area contributed by atoms with Gasteiger partial charge in [-0.3, -0.25) is 4.79 Å². The highest BCUT2D eigenvalue weighted by Crippen LogP contribution is 2.11. The van der Waals surface area contributed by atoms with E-state index in [9.17, 15) is 18.0 Å². The Morgan fingerprint density at radius 1 is 1.38 bits per heavy atom. The monoisotopic (exact) mass is 242 g/mol. The molecule has 0 spiro atoms. The number of alkyl halides is 3. The summed E-state index contributed by atoms with van der Waals surface area (Å²) in [6.07, 6.45) is -3.61. The number of nitrogens with one attached hydrogen (secondary N) is 1. The van der Waals surface area contributed by atoms with E-state index in [1.165, 1.54) is 4.90 Å². The highest BCUT2D eigenvalue weighted by atomic mass is 19.4. The first kappa shape index (κ1) is 15.2. The summed E-state index contributed by atoms with van der Waals surface area (Å²) in [7, 11) is 0. The lowest BCUT2D eigenvalue weighted by atomic mass is 10.3. The molecule has 0 bridgehead atoms. The van der Waals surface area contributed by atoms with Gasteiger partial charge in [-0.25, -0.2) is 0 Å². The number of hydrogen-bond acceptors (Lipinski definition) is 3. The van der Waals surface area contributed by atoms with Gasteiger partial charge >= 0.3 is 6.18 Å². The molecule has 0 aliphatic heterocycles. The first-order valence-electron chi connectivity index (χ1n) is 5.06. The molecule has 0 aliphatic rings. The summed E-state index contributed by atoms with van der Waals surface area (Å²) >= 11 is 0. The molecule has 96 valence electrons. The molecule has 2 N–H and O–H groups in total. The van der Waals surface area contributed by atoms with Crippen LogP contribution in [0.2, 0.25) is 0 Å². The van der Waals surface area contributed by atoms with Gasteiger partial charge in [-0.15, -0.1) is 0 Å². The Morgan fingerprint density at radius 2 is 2.00 bits per heavy atom. The maximum Gasteiger partial charge on any atom is 0.401 e. The number of halogens is 3. The van der Waals surface area contributed by atoms with Gasteiger partial charge < -0.3 is 15.3 Å². The van der Waals surface area contributed by atoms with Gasteiger partial charge in [0, 0.05) is 13.1 Å². The molecule has 4 nitrogen and oxygen atoms in total. The summed E-state index contributed by atoms with van der Waals surface area (Å²) in [5, 5.41) is 10.7. The van der Waals surface area contributed by atoms with Crippen molar-refractivity contribution < 1.29 is 23.1 Å². The van der Waals surface area contributed by atoms with E-state index in [1.807, 2.05) is 12.2 Å². The Hall–Kier alpha value is -0.820. The zero-order chi connectivity index (χ0) is 12.6. The van der Waals surface area contributed by atoms with Gasteiger partial charge in [0.1, 0.15) is 0 Å². The van der Waals surface area contributed by atoms with Crippen LogP contribution in [0.25, 0.3) is 0 Å². The molecule has 0 saturated heterocycles. The minimum absolute atomic E-state index is 0.153. The van der Waals surface area contributed by atoms with E-state index in [0.717, 1.165) is 0 Å². The second-order valence-electron chi connectivity index (χ2n) is 3.32. The summed E-state index contributed by atoms with van der Waals surface area (Å²) in [6.45, 7) is 0.705. The average molecular weight is 242 g/mol. The molecule has 7 heteroatoms. The smallest absolute Gasteiger partial charge is 0.395 e. The Bertz CT molecular complexity index is 203. The van der Waals surface area contributed by atoms with E-state index in [0.29, 0.717) is 13.0 Å². The topological polar surface area (TPSA) is 52.6 Å². The second kappa shape index (κ2) is 7.45. The van der Waals surface area contributed by atoms with Gasteiger partial charge in [0.15, 0.2) is 0 Å². The van der Waals surface area contributed by atoms with E-state index >= 15 is 0 Å². The van der Waals surface area contributed by atoms with Crippen LogP contribution in [0.1, 0.15) is 13.3 Å². The van der Waals surface area contributed by atoms with Crippen LogP contribution in [0.15, 0.2) is 0 Å². The van der Waals surface area contributed by atoms with Crippen molar-refractivity contribution in [3.05, 3.63) is 0 Å². The molecule has 0 aliphatic carbocycles. The molecule has 0 atom stereocenters. The van der Waals surface area contributed by atoms with Gasteiger partial charge in [0.2, 0.25) is 5.91 Å². The first-order chi connectivity index (χ1) is 7.40. The highest BCUT2D eigenvalue weighted by Gasteiger charge is 2.26. The van der Waals surface area contributed by atoms with E-state index in [-0.39, 0.29) is 19.7 Å². The predicted octanol–water partition coefficient (Wildman–Crippen LogP) is 0.369. The maximum atomic E-state index is 11.8. The summed E-state index contributed by atoms with van der Waals surface area (Å²) in [4.78, 5) is 12.7. The van der Waals surface area contributed by atoms with Crippen LogP contribution in [0.4, 0.5) is 13.2 Å². The van der Waals surface area contributed by atoms with E-state index in [2.05, 4.69) is 0 Å². The standard InChI is InChI=1S/C9H17F3N2O2/c1-2-3-14(4-5-15)8(16)6-13-7-9(10,11)12/h13,15H,2-7H2,1H3. The zero-order valence-electron chi connectivity index (χ0n) is 9.18. The van der Waals surface area contributed by atoms with Crippen molar-refractivity contribution in [1.29, 1.82) is 0 Å². The van der Waals surface area contributed by atoms with Crippen LogP contribution in [0.5, 0.6) is 0 Å². The predicted molar refractivity (Wildman–Crippen MR) is 52.9 cm³/mol. The average Bonchev–Trinajstić information content (AvgIpc) is 2.15. The first-order valence-corrected chi connectivity index (χ1v) is 5.06. The van der Waals surface area contributed by atoms with Crippen molar-refractivity contribution in [2.45, 2.75) is 19.5 Å². The Labute approximate surface area is 92.4 Å². The number of rotatable bonds is 7. The number of aliphatic hydroxyl groups excluding tert-OH is 1. The van der Waals surface area contributed by atoms with Crippen LogP contribution in [-0.2, 0) is 4.79 Å². The zero-order valence-corrected chi connectivity index (χ0v) is 9.18. The van der Waals surface area contributed by atoms with Gasteiger partial charge in [-0.2, -0.15) is 13.2 Å². The van der Waals surface area contributed by atoms with Crippen molar-refractivity contribution in [3.8, 4) is 0 Å². The molecular weight excluding hydrogens is 225 g/mol. The lowest BCUT2D eigenvalue weighted by molar-refractivity contribution is -0.134. The highest BCUT2D eigenvalue weighted by molar-refractivity contribution is 5.78. The molecule has 1 amide bonds. The van der Waals surface area contributed by atoms with Crippen LogP contribution in [-0.4, -0.2) is 54.9 Å². The van der Waals surface area contributed by atoms with Crippen molar-refractivity contribution in [1.82, 2.24) is 10.2 Å². The third-order valence-electron chi connectivity index (χ3n) is 1.82. The molecule has 0 aromatic carbocycles. The quantitative estimate of drug-likeness (QED) is 0.678. The Kier molecular flexibility index (Phi) is 7.07. The van der Waals surface area contributed by atoms with Crippen LogP contribution in [0, 0.1) is 0 Å². The van der Waals surface area contributed by atoms with Crippen LogP contribution < -0.4 is 5.32 Å². The molecule has 0 fully saturated rings. The fourth-order valence-corrected chi connectivity index (χ4v) is 1.17. The molecule has 0 radical (unpaired) electrons. The third kappa shape index (κ3) is 7.47. The number of amides is 1. The lowest BCUT2D eigenvalue weighted by Crippen LogP contribution is -2.42. The fourth-order valence-electron chi connectivity index (χ4n) is 1.17. The molecule has 16 heavy (non-hydrogen) atoms. The minimum atomic E-state index is -4.31. The molecule has 0 heterocycles. The van der Waals surface area contributed by atoms with Crippen LogP contribution in [0.3, 0.4) is 0 Å². The third-order valence-corrected chi connectivity index (χ3v) is 1.82. The number of nitrogens with zero attached hydrogens (tertiary/aromatic N) is 1. The summed E-state index contributed by atoms with van der Waals surface area (Å²) in [6, 6.07) is 0. The van der Waals surface area contributed by atoms with E-state index < -0.39 is 18.6 Å². The van der Waals surface area contributed by atoms with Crippen molar-refractivity contribution in [2.24, 2.45) is 0 Å². The summed E-state index contributed by atoms with van der Waals surface area (Å²) < 4.78 is 35.3. The molecule has 0 aromatic rings. The molecular formula is C9H17F3N2O2. The normalized spacial score (nSPS) is 11.6. The Balaban J connectivity index is 3.91. The fraction of sp³-hybridized carbons (Fsp3) is 0.889. The number of carbonyl (C=O) groups is 1. The van der Waals surface area contributed by atoms with Gasteiger partial charge in [0.05, 0.1) is 19.7 Å². The van der Waals surface area contributed by atoms with Gasteiger partial charge in [-0.1, -0.05) is 6.92 Å². The van der Waals surface area contributed by atoms with Crippen molar-refractivity contribution >= 4 is 5.91 Å². The summed E-state index contributed by atoms with van der Waals surface area (Å²) in [5.74, 6) is -0.430. The number of aliphatic hydroxyl groups is 1. The van der Waals surface area contributed by atoms with Gasteiger partial charge in [0.25, 0.3) is 0 Å².